The fourth-order valence-corrected chi connectivity index (χ4v) is 1.94. The molecule has 0 saturated carbocycles. The zero-order valence-corrected chi connectivity index (χ0v) is 12.0. The zero-order chi connectivity index (χ0) is 12.2. The van der Waals surface area contributed by atoms with Crippen LogP contribution in [0.1, 0.15) is 65.7 Å². The van der Waals surface area contributed by atoms with Gasteiger partial charge in [-0.1, -0.05) is 45.4 Å². The largest absolute Gasteiger partial charge is 0.363 e. The maximum atomic E-state index is 5.14. The van der Waals surface area contributed by atoms with Gasteiger partial charge in [0.15, 0.2) is 5.11 Å². The Morgan fingerprint density at radius 2 is 1.56 bits per heavy atom. The van der Waals surface area contributed by atoms with Crippen molar-refractivity contribution in [1.29, 1.82) is 0 Å². The molecule has 96 valence electrons. The van der Waals surface area contributed by atoms with E-state index >= 15 is 0 Å². The Morgan fingerprint density at radius 3 is 2.12 bits per heavy atom. The first-order valence-corrected chi connectivity index (χ1v) is 7.12. The van der Waals surface area contributed by atoms with Gasteiger partial charge in [0, 0.05) is 12.6 Å². The van der Waals surface area contributed by atoms with E-state index in [2.05, 4.69) is 31.4 Å². The molecule has 0 radical (unpaired) electrons. The molecule has 3 heteroatoms. The average molecular weight is 244 g/mol. The molecular weight excluding hydrogens is 216 g/mol. The SMILES string of the molecule is CCCCCCCCCNC(=S)NC(C)C. The van der Waals surface area contributed by atoms with Gasteiger partial charge in [-0.15, -0.1) is 0 Å². The molecule has 0 aromatic carbocycles. The monoisotopic (exact) mass is 244 g/mol. The van der Waals surface area contributed by atoms with Crippen LogP contribution in [-0.4, -0.2) is 17.7 Å². The van der Waals surface area contributed by atoms with Gasteiger partial charge in [-0.05, 0) is 32.5 Å². The van der Waals surface area contributed by atoms with E-state index in [1.54, 1.807) is 0 Å². The summed E-state index contributed by atoms with van der Waals surface area (Å²) in [5.74, 6) is 0. The number of hydrogen-bond donors (Lipinski definition) is 2. The minimum absolute atomic E-state index is 0.425. The smallest absolute Gasteiger partial charge is 0.166 e. The van der Waals surface area contributed by atoms with Crippen LogP contribution in [0.2, 0.25) is 0 Å². The third-order valence-electron chi connectivity index (χ3n) is 2.49. The Kier molecular flexibility index (Phi) is 11.0. The minimum atomic E-state index is 0.425. The molecule has 0 amide bonds. The van der Waals surface area contributed by atoms with Crippen molar-refractivity contribution in [2.75, 3.05) is 6.54 Å². The maximum absolute atomic E-state index is 5.14. The first-order chi connectivity index (χ1) is 7.66. The van der Waals surface area contributed by atoms with E-state index < -0.39 is 0 Å². The van der Waals surface area contributed by atoms with Crippen molar-refractivity contribution < 1.29 is 0 Å². The summed E-state index contributed by atoms with van der Waals surface area (Å²) in [5.41, 5.74) is 0. The summed E-state index contributed by atoms with van der Waals surface area (Å²) in [7, 11) is 0. The summed E-state index contributed by atoms with van der Waals surface area (Å²) < 4.78 is 0. The second kappa shape index (κ2) is 11.2. The van der Waals surface area contributed by atoms with Gasteiger partial charge in [0.25, 0.3) is 0 Å². The number of rotatable bonds is 9. The summed E-state index contributed by atoms with van der Waals surface area (Å²) in [4.78, 5) is 0. The lowest BCUT2D eigenvalue weighted by Gasteiger charge is -2.12. The Morgan fingerprint density at radius 1 is 1.00 bits per heavy atom. The van der Waals surface area contributed by atoms with Crippen LogP contribution < -0.4 is 10.6 Å². The van der Waals surface area contributed by atoms with Gasteiger partial charge >= 0.3 is 0 Å². The van der Waals surface area contributed by atoms with Crippen molar-refractivity contribution >= 4 is 17.3 Å². The van der Waals surface area contributed by atoms with E-state index in [4.69, 9.17) is 12.2 Å². The molecule has 0 rings (SSSR count). The van der Waals surface area contributed by atoms with Crippen LogP contribution in [0.3, 0.4) is 0 Å². The van der Waals surface area contributed by atoms with E-state index in [9.17, 15) is 0 Å². The van der Waals surface area contributed by atoms with Gasteiger partial charge in [-0.3, -0.25) is 0 Å². The van der Waals surface area contributed by atoms with Crippen molar-refractivity contribution in [2.24, 2.45) is 0 Å². The van der Waals surface area contributed by atoms with Gasteiger partial charge in [0.1, 0.15) is 0 Å². The Labute approximate surface area is 107 Å². The highest BCUT2D eigenvalue weighted by atomic mass is 32.1. The van der Waals surface area contributed by atoms with Crippen LogP contribution in [0.5, 0.6) is 0 Å². The molecule has 0 aromatic rings. The van der Waals surface area contributed by atoms with E-state index in [-0.39, 0.29) is 0 Å². The van der Waals surface area contributed by atoms with E-state index in [1.165, 1.54) is 44.9 Å². The topological polar surface area (TPSA) is 24.1 Å². The Hall–Kier alpha value is -0.310. The second-order valence-electron chi connectivity index (χ2n) is 4.68. The van der Waals surface area contributed by atoms with Crippen molar-refractivity contribution in [3.63, 3.8) is 0 Å². The average Bonchev–Trinajstić information content (AvgIpc) is 2.21. The third kappa shape index (κ3) is 11.8. The van der Waals surface area contributed by atoms with Crippen molar-refractivity contribution in [3.8, 4) is 0 Å². The molecule has 0 unspecified atom stereocenters. The van der Waals surface area contributed by atoms with Gasteiger partial charge in [-0.25, -0.2) is 0 Å². The Bertz CT molecular complexity index is 169. The van der Waals surface area contributed by atoms with E-state index in [0.29, 0.717) is 6.04 Å². The molecule has 0 fully saturated rings. The van der Waals surface area contributed by atoms with Gasteiger partial charge in [-0.2, -0.15) is 0 Å². The molecule has 0 aliphatic heterocycles. The highest BCUT2D eigenvalue weighted by Crippen LogP contribution is 2.06. The van der Waals surface area contributed by atoms with Crippen LogP contribution in [-0.2, 0) is 0 Å². The molecule has 0 aromatic heterocycles. The number of unbranched alkanes of at least 4 members (excludes halogenated alkanes) is 6. The molecule has 16 heavy (non-hydrogen) atoms. The molecule has 0 heterocycles. The van der Waals surface area contributed by atoms with E-state index in [1.807, 2.05) is 0 Å². The lowest BCUT2D eigenvalue weighted by Crippen LogP contribution is -2.39. The molecule has 0 aliphatic carbocycles. The molecule has 0 saturated heterocycles. The molecule has 0 bridgehead atoms. The summed E-state index contributed by atoms with van der Waals surface area (Å²) >= 11 is 5.14. The molecule has 0 spiro atoms. The first kappa shape index (κ1) is 15.7. The van der Waals surface area contributed by atoms with Crippen molar-refractivity contribution in [1.82, 2.24) is 10.6 Å². The predicted molar refractivity (Wildman–Crippen MR) is 76.9 cm³/mol. The van der Waals surface area contributed by atoms with E-state index in [0.717, 1.165) is 11.7 Å². The minimum Gasteiger partial charge on any atom is -0.363 e. The number of thiocarbonyl (C=S) groups is 1. The Balaban J connectivity index is 3.11. The summed E-state index contributed by atoms with van der Waals surface area (Å²) in [6, 6.07) is 0.425. The highest BCUT2D eigenvalue weighted by molar-refractivity contribution is 7.80. The second-order valence-corrected chi connectivity index (χ2v) is 5.08. The van der Waals surface area contributed by atoms with Crippen molar-refractivity contribution in [2.45, 2.75) is 71.8 Å². The lowest BCUT2D eigenvalue weighted by molar-refractivity contribution is 0.583. The van der Waals surface area contributed by atoms with Gasteiger partial charge in [0.2, 0.25) is 0 Å². The lowest BCUT2D eigenvalue weighted by atomic mass is 10.1. The highest BCUT2D eigenvalue weighted by Gasteiger charge is 1.96. The molecule has 0 aliphatic rings. The van der Waals surface area contributed by atoms with Crippen LogP contribution in [0.15, 0.2) is 0 Å². The number of nitrogens with one attached hydrogen (secondary N) is 2. The molecule has 0 atom stereocenters. The fraction of sp³-hybridized carbons (Fsp3) is 0.923. The van der Waals surface area contributed by atoms with Gasteiger partial charge in [0.05, 0.1) is 0 Å². The van der Waals surface area contributed by atoms with Crippen LogP contribution in [0.4, 0.5) is 0 Å². The van der Waals surface area contributed by atoms with Crippen molar-refractivity contribution in [3.05, 3.63) is 0 Å². The third-order valence-corrected chi connectivity index (χ3v) is 2.75. The maximum Gasteiger partial charge on any atom is 0.166 e. The fourth-order valence-electron chi connectivity index (χ4n) is 1.60. The summed E-state index contributed by atoms with van der Waals surface area (Å²) in [5, 5.41) is 7.21. The molecule has 2 N–H and O–H groups in total. The molecular formula is C13H28N2S. The van der Waals surface area contributed by atoms with Crippen LogP contribution in [0, 0.1) is 0 Å². The van der Waals surface area contributed by atoms with Crippen LogP contribution >= 0.6 is 12.2 Å². The predicted octanol–water partition coefficient (Wildman–Crippen LogP) is 3.61. The standard InChI is InChI=1S/C13H28N2S/c1-4-5-6-7-8-9-10-11-14-13(16)15-12(2)3/h12H,4-11H2,1-3H3,(H2,14,15,16). The number of hydrogen-bond acceptors (Lipinski definition) is 1. The first-order valence-electron chi connectivity index (χ1n) is 6.71. The zero-order valence-electron chi connectivity index (χ0n) is 11.1. The normalized spacial score (nSPS) is 10.5. The van der Waals surface area contributed by atoms with Crippen LogP contribution in [0.25, 0.3) is 0 Å². The quantitative estimate of drug-likeness (QED) is 0.478. The van der Waals surface area contributed by atoms with Gasteiger partial charge < -0.3 is 10.6 Å². The molecule has 2 nitrogen and oxygen atoms in total. The summed E-state index contributed by atoms with van der Waals surface area (Å²) in [6.07, 6.45) is 9.43. The summed E-state index contributed by atoms with van der Waals surface area (Å²) in [6.45, 7) is 7.46.